The molecule has 1 fully saturated rings. The van der Waals surface area contributed by atoms with Crippen molar-refractivity contribution in [2.45, 2.75) is 24.6 Å². The third kappa shape index (κ3) is 3.27. The van der Waals surface area contributed by atoms with Crippen molar-refractivity contribution < 1.29 is 12.9 Å². The summed E-state index contributed by atoms with van der Waals surface area (Å²) in [5.74, 6) is -0.107. The first-order valence-corrected chi connectivity index (χ1v) is 8.70. The molecular formula is C14H20ClN3O3S. The van der Waals surface area contributed by atoms with E-state index < -0.39 is 10.0 Å². The molecule has 1 unspecified atom stereocenters. The Morgan fingerprint density at radius 3 is 2.95 bits per heavy atom. The van der Waals surface area contributed by atoms with E-state index in [9.17, 15) is 8.42 Å². The topological polar surface area (TPSA) is 75.4 Å². The average Bonchev–Trinajstić information content (AvgIpc) is 3.07. The van der Waals surface area contributed by atoms with Crippen LogP contribution in [0, 0.1) is 0 Å². The van der Waals surface area contributed by atoms with Gasteiger partial charge in [0.25, 0.3) is 0 Å². The van der Waals surface area contributed by atoms with E-state index in [2.05, 4.69) is 10.5 Å². The predicted molar refractivity (Wildman–Crippen MR) is 87.5 cm³/mol. The molecule has 1 saturated heterocycles. The molecule has 0 radical (unpaired) electrons. The molecule has 1 aromatic carbocycles. The number of fused-ring (bicyclic) bond motifs is 1. The van der Waals surface area contributed by atoms with Crippen LogP contribution in [0.2, 0.25) is 0 Å². The van der Waals surface area contributed by atoms with Crippen LogP contribution in [0.15, 0.2) is 28.8 Å². The molecule has 8 heteroatoms. The summed E-state index contributed by atoms with van der Waals surface area (Å²) in [5, 5.41) is 7.76. The maximum Gasteiger partial charge on any atom is 0.220 e. The van der Waals surface area contributed by atoms with Gasteiger partial charge in [-0.05, 0) is 32.0 Å². The Morgan fingerprint density at radius 2 is 2.18 bits per heavy atom. The third-order valence-electron chi connectivity index (χ3n) is 3.89. The molecule has 0 spiro atoms. The molecule has 1 aromatic heterocycles. The van der Waals surface area contributed by atoms with Gasteiger partial charge in [-0.3, -0.25) is 0 Å². The lowest BCUT2D eigenvalue weighted by Gasteiger charge is -2.23. The summed E-state index contributed by atoms with van der Waals surface area (Å²) < 4.78 is 32.1. The Kier molecular flexibility index (Phi) is 5.44. The fourth-order valence-corrected chi connectivity index (χ4v) is 4.67. The highest BCUT2D eigenvalue weighted by Crippen LogP contribution is 2.25. The summed E-state index contributed by atoms with van der Waals surface area (Å²) in [5.41, 5.74) is 1.11. The fraction of sp³-hybridized carbons (Fsp3) is 0.500. The Hall–Kier alpha value is -1.15. The minimum Gasteiger partial charge on any atom is -0.356 e. The van der Waals surface area contributed by atoms with Gasteiger partial charge >= 0.3 is 0 Å². The molecule has 2 heterocycles. The van der Waals surface area contributed by atoms with E-state index in [0.29, 0.717) is 24.4 Å². The van der Waals surface area contributed by atoms with Crippen LogP contribution in [-0.2, 0) is 15.8 Å². The number of hydrogen-bond donors (Lipinski definition) is 1. The van der Waals surface area contributed by atoms with Gasteiger partial charge in [-0.1, -0.05) is 17.3 Å². The molecular weight excluding hydrogens is 326 g/mol. The fourth-order valence-electron chi connectivity index (χ4n) is 2.91. The van der Waals surface area contributed by atoms with Crippen LogP contribution in [0.5, 0.6) is 0 Å². The smallest absolute Gasteiger partial charge is 0.220 e. The van der Waals surface area contributed by atoms with Crippen molar-refractivity contribution in [2.75, 3.05) is 20.1 Å². The Balaban J connectivity index is 0.00000176. The molecule has 22 heavy (non-hydrogen) atoms. The van der Waals surface area contributed by atoms with Crippen LogP contribution in [0.25, 0.3) is 11.0 Å². The van der Waals surface area contributed by atoms with Gasteiger partial charge < -0.3 is 9.84 Å². The largest absolute Gasteiger partial charge is 0.356 e. The highest BCUT2D eigenvalue weighted by atomic mass is 35.5. The highest BCUT2D eigenvalue weighted by molar-refractivity contribution is 7.88. The average molecular weight is 346 g/mol. The number of rotatable bonds is 5. The molecule has 0 amide bonds. The number of sulfonamides is 1. The second-order valence-electron chi connectivity index (χ2n) is 5.35. The van der Waals surface area contributed by atoms with Gasteiger partial charge in [0, 0.05) is 24.5 Å². The lowest BCUT2D eigenvalue weighted by atomic mass is 10.2. The van der Waals surface area contributed by atoms with Gasteiger partial charge in [-0.15, -0.1) is 12.4 Å². The van der Waals surface area contributed by atoms with E-state index in [-0.39, 0.29) is 24.2 Å². The predicted octanol–water partition coefficient (Wildman–Crippen LogP) is 1.76. The van der Waals surface area contributed by atoms with Gasteiger partial charge in [0.1, 0.15) is 11.4 Å². The molecule has 1 atom stereocenters. The maximum atomic E-state index is 12.6. The molecule has 1 aliphatic rings. The van der Waals surface area contributed by atoms with E-state index in [1.165, 1.54) is 0 Å². The molecule has 1 aliphatic heterocycles. The Morgan fingerprint density at radius 1 is 1.41 bits per heavy atom. The van der Waals surface area contributed by atoms with E-state index >= 15 is 0 Å². The van der Waals surface area contributed by atoms with Crippen LogP contribution in [0.1, 0.15) is 18.5 Å². The first-order valence-electron chi connectivity index (χ1n) is 7.09. The second kappa shape index (κ2) is 6.95. The van der Waals surface area contributed by atoms with Gasteiger partial charge in [0.15, 0.2) is 5.58 Å². The molecule has 122 valence electrons. The van der Waals surface area contributed by atoms with Crippen molar-refractivity contribution in [1.82, 2.24) is 14.8 Å². The van der Waals surface area contributed by atoms with Crippen LogP contribution >= 0.6 is 12.4 Å². The summed E-state index contributed by atoms with van der Waals surface area (Å²) in [4.78, 5) is 0. The minimum atomic E-state index is -3.37. The van der Waals surface area contributed by atoms with Crippen molar-refractivity contribution in [2.24, 2.45) is 0 Å². The Labute approximate surface area is 136 Å². The van der Waals surface area contributed by atoms with Crippen LogP contribution in [-0.4, -0.2) is 44.1 Å². The third-order valence-corrected chi connectivity index (χ3v) is 5.72. The summed E-state index contributed by atoms with van der Waals surface area (Å²) in [6, 6.07) is 7.37. The van der Waals surface area contributed by atoms with Gasteiger partial charge in [-0.25, -0.2) is 8.42 Å². The van der Waals surface area contributed by atoms with Crippen molar-refractivity contribution in [1.29, 1.82) is 0 Å². The Bertz CT molecular complexity index is 732. The van der Waals surface area contributed by atoms with Gasteiger partial charge in [0.2, 0.25) is 10.0 Å². The summed E-state index contributed by atoms with van der Waals surface area (Å²) in [7, 11) is -1.53. The van der Waals surface area contributed by atoms with Crippen molar-refractivity contribution in [3.63, 3.8) is 0 Å². The SMILES string of the molecule is CNCC1CCCN1S(=O)(=O)Cc1noc2ccccc12.Cl. The van der Waals surface area contributed by atoms with E-state index in [1.54, 1.807) is 10.4 Å². The summed E-state index contributed by atoms with van der Waals surface area (Å²) in [6.45, 7) is 1.27. The van der Waals surface area contributed by atoms with E-state index in [0.717, 1.165) is 18.2 Å². The van der Waals surface area contributed by atoms with Crippen LogP contribution < -0.4 is 5.32 Å². The number of para-hydroxylation sites is 1. The first kappa shape index (κ1) is 17.2. The zero-order valence-corrected chi connectivity index (χ0v) is 14.0. The monoisotopic (exact) mass is 345 g/mol. The van der Waals surface area contributed by atoms with E-state index in [4.69, 9.17) is 4.52 Å². The number of nitrogens with zero attached hydrogens (tertiary/aromatic N) is 2. The normalized spacial score (nSPS) is 19.4. The zero-order chi connectivity index (χ0) is 14.9. The van der Waals surface area contributed by atoms with Crippen molar-refractivity contribution in [3.8, 4) is 0 Å². The molecule has 2 aromatic rings. The molecule has 6 nitrogen and oxygen atoms in total. The molecule has 0 bridgehead atoms. The molecule has 0 saturated carbocycles. The van der Waals surface area contributed by atoms with Crippen LogP contribution in [0.3, 0.4) is 0 Å². The maximum absolute atomic E-state index is 12.6. The molecule has 0 aliphatic carbocycles. The molecule has 1 N–H and O–H groups in total. The standard InChI is InChI=1S/C14H19N3O3S.ClH/c1-15-9-11-5-4-8-17(11)21(18,19)10-13-12-6-2-3-7-14(12)20-16-13;/h2-3,6-7,11,15H,4-5,8-10H2,1H3;1H. The van der Waals surface area contributed by atoms with Crippen molar-refractivity contribution in [3.05, 3.63) is 30.0 Å². The number of hydrogen-bond acceptors (Lipinski definition) is 5. The molecule has 3 rings (SSSR count). The lowest BCUT2D eigenvalue weighted by molar-refractivity contribution is 0.377. The highest BCUT2D eigenvalue weighted by Gasteiger charge is 2.34. The zero-order valence-electron chi connectivity index (χ0n) is 12.4. The van der Waals surface area contributed by atoms with Gasteiger partial charge in [0.05, 0.1) is 0 Å². The van der Waals surface area contributed by atoms with Gasteiger partial charge in [-0.2, -0.15) is 4.31 Å². The number of halogens is 1. The second-order valence-corrected chi connectivity index (χ2v) is 7.27. The minimum absolute atomic E-state index is 0. The number of nitrogens with one attached hydrogen (secondary N) is 1. The van der Waals surface area contributed by atoms with Crippen molar-refractivity contribution >= 4 is 33.4 Å². The number of aromatic nitrogens is 1. The quantitative estimate of drug-likeness (QED) is 0.893. The lowest BCUT2D eigenvalue weighted by Crippen LogP contribution is -2.41. The van der Waals surface area contributed by atoms with E-state index in [1.807, 2.05) is 25.2 Å². The summed E-state index contributed by atoms with van der Waals surface area (Å²) in [6.07, 6.45) is 1.81. The number of benzene rings is 1. The first-order chi connectivity index (χ1) is 10.1. The summed E-state index contributed by atoms with van der Waals surface area (Å²) >= 11 is 0. The number of likely N-dealkylation sites (N-methyl/N-ethyl adjacent to an activating group) is 1. The van der Waals surface area contributed by atoms with Crippen LogP contribution in [0.4, 0.5) is 0 Å².